The Hall–Kier alpha value is -0.960. The summed E-state index contributed by atoms with van der Waals surface area (Å²) in [5.74, 6) is -0.662. The van der Waals surface area contributed by atoms with Crippen LogP contribution in [0.25, 0.3) is 0 Å². The molecule has 0 saturated heterocycles. The number of hydrogen-bond acceptors (Lipinski definition) is 6. The molecule has 1 aromatic heterocycles. The Labute approximate surface area is 110 Å². The van der Waals surface area contributed by atoms with Crippen LogP contribution in [-0.4, -0.2) is 41.3 Å². The van der Waals surface area contributed by atoms with Gasteiger partial charge in [-0.3, -0.25) is 0 Å². The lowest BCUT2D eigenvalue weighted by Gasteiger charge is -2.13. The highest BCUT2D eigenvalue weighted by Crippen LogP contribution is 2.22. The Bertz CT molecular complexity index is 508. The summed E-state index contributed by atoms with van der Waals surface area (Å²) < 4.78 is 35.9. The lowest BCUT2D eigenvalue weighted by molar-refractivity contribution is 0.0602. The monoisotopic (exact) mass is 293 g/mol. The molecule has 1 atom stereocenters. The molecule has 1 rings (SSSR count). The molecule has 0 aliphatic rings. The van der Waals surface area contributed by atoms with Gasteiger partial charge in [-0.25, -0.2) is 17.9 Å². The Morgan fingerprint density at radius 2 is 2.17 bits per heavy atom. The van der Waals surface area contributed by atoms with Gasteiger partial charge in [0.2, 0.25) is 10.0 Å². The number of methoxy groups -OCH3 is 2. The molecule has 18 heavy (non-hydrogen) atoms. The summed E-state index contributed by atoms with van der Waals surface area (Å²) in [7, 11) is -1.06. The van der Waals surface area contributed by atoms with Crippen LogP contribution in [0, 0.1) is 0 Å². The van der Waals surface area contributed by atoms with Gasteiger partial charge in [0.25, 0.3) is 0 Å². The minimum atomic E-state index is -3.74. The summed E-state index contributed by atoms with van der Waals surface area (Å²) in [5.41, 5.74) is 0. The topological polar surface area (TPSA) is 81.7 Å². The Morgan fingerprint density at radius 3 is 2.72 bits per heavy atom. The number of hydrogen-bond donors (Lipinski definition) is 1. The van der Waals surface area contributed by atoms with Crippen molar-refractivity contribution in [1.82, 2.24) is 4.72 Å². The Kier molecular flexibility index (Phi) is 5.27. The summed E-state index contributed by atoms with van der Waals surface area (Å²) in [6.45, 7) is 1.92. The summed E-state index contributed by atoms with van der Waals surface area (Å²) in [6.07, 6.45) is 0. The van der Waals surface area contributed by atoms with Crippen LogP contribution in [-0.2, 0) is 19.5 Å². The van der Waals surface area contributed by atoms with E-state index in [4.69, 9.17) is 4.74 Å². The first-order valence-electron chi connectivity index (χ1n) is 5.09. The second-order valence-corrected chi connectivity index (χ2v) is 6.18. The predicted molar refractivity (Wildman–Crippen MR) is 67.3 cm³/mol. The van der Waals surface area contributed by atoms with Crippen molar-refractivity contribution in [2.24, 2.45) is 0 Å². The van der Waals surface area contributed by atoms with E-state index in [1.165, 1.54) is 25.7 Å². The van der Waals surface area contributed by atoms with Crippen molar-refractivity contribution < 1.29 is 22.7 Å². The van der Waals surface area contributed by atoms with Crippen LogP contribution < -0.4 is 4.72 Å². The van der Waals surface area contributed by atoms with Crippen LogP contribution >= 0.6 is 11.3 Å². The van der Waals surface area contributed by atoms with Crippen molar-refractivity contribution in [2.75, 3.05) is 20.8 Å². The van der Waals surface area contributed by atoms with Crippen molar-refractivity contribution in [3.63, 3.8) is 0 Å². The molecule has 0 amide bonds. The van der Waals surface area contributed by atoms with E-state index in [1.807, 2.05) is 0 Å². The number of carbonyl (C=O) groups is 1. The first-order chi connectivity index (χ1) is 8.42. The fourth-order valence-electron chi connectivity index (χ4n) is 1.36. The molecule has 0 aliphatic heterocycles. The van der Waals surface area contributed by atoms with E-state index in [-0.39, 0.29) is 22.4 Å². The van der Waals surface area contributed by atoms with E-state index >= 15 is 0 Å². The molecule has 0 aromatic carbocycles. The number of rotatable bonds is 6. The highest BCUT2D eigenvalue weighted by atomic mass is 32.2. The van der Waals surface area contributed by atoms with Gasteiger partial charge in [0.15, 0.2) is 0 Å². The zero-order chi connectivity index (χ0) is 13.8. The number of carbonyl (C=O) groups excluding carboxylic acids is 1. The number of ether oxygens (including phenoxy) is 2. The largest absolute Gasteiger partial charge is 0.465 e. The fourth-order valence-corrected chi connectivity index (χ4v) is 3.93. The smallest absolute Gasteiger partial charge is 0.349 e. The molecule has 0 bridgehead atoms. The van der Waals surface area contributed by atoms with Crippen molar-refractivity contribution in [1.29, 1.82) is 0 Å². The van der Waals surface area contributed by atoms with Crippen molar-refractivity contribution in [2.45, 2.75) is 17.9 Å². The third-order valence-electron chi connectivity index (χ3n) is 2.06. The average Bonchev–Trinajstić information content (AvgIpc) is 2.77. The van der Waals surface area contributed by atoms with E-state index < -0.39 is 16.0 Å². The number of thiophene rings is 1. The van der Waals surface area contributed by atoms with Gasteiger partial charge >= 0.3 is 5.97 Å². The van der Waals surface area contributed by atoms with Gasteiger partial charge in [0.1, 0.15) is 9.77 Å². The van der Waals surface area contributed by atoms with Crippen molar-refractivity contribution in [3.05, 3.63) is 16.3 Å². The lowest BCUT2D eigenvalue weighted by atomic mass is 10.4. The average molecular weight is 293 g/mol. The molecule has 1 aromatic rings. The first-order valence-corrected chi connectivity index (χ1v) is 7.45. The van der Waals surface area contributed by atoms with Crippen LogP contribution in [0.3, 0.4) is 0 Å². The molecule has 0 radical (unpaired) electrons. The molecule has 6 nitrogen and oxygen atoms in total. The quantitative estimate of drug-likeness (QED) is 0.786. The van der Waals surface area contributed by atoms with Crippen molar-refractivity contribution in [3.8, 4) is 0 Å². The summed E-state index contributed by atoms with van der Waals surface area (Å²) in [5, 5.41) is 1.53. The zero-order valence-electron chi connectivity index (χ0n) is 10.3. The van der Waals surface area contributed by atoms with Gasteiger partial charge in [-0.15, -0.1) is 11.3 Å². The standard InChI is InChI=1S/C10H15NO5S2/c1-7(6-15-2)11-18(13,14)8-4-5-17-9(8)10(12)16-3/h4-5,7,11H,6H2,1-3H3/t7-/m0/s1. The molecule has 0 aliphatic carbocycles. The van der Waals surface area contributed by atoms with Crippen LogP contribution in [0.5, 0.6) is 0 Å². The van der Waals surface area contributed by atoms with Crippen LogP contribution in [0.15, 0.2) is 16.3 Å². The van der Waals surface area contributed by atoms with E-state index in [1.54, 1.807) is 6.92 Å². The second kappa shape index (κ2) is 6.28. The third-order valence-corrected chi connectivity index (χ3v) is 4.72. The summed E-state index contributed by atoms with van der Waals surface area (Å²) >= 11 is 1.02. The molecule has 0 spiro atoms. The zero-order valence-corrected chi connectivity index (χ0v) is 11.9. The lowest BCUT2D eigenvalue weighted by Crippen LogP contribution is -2.36. The third kappa shape index (κ3) is 3.52. The van der Waals surface area contributed by atoms with Crippen LogP contribution in [0.1, 0.15) is 16.6 Å². The van der Waals surface area contributed by atoms with Gasteiger partial charge in [-0.2, -0.15) is 0 Å². The number of esters is 1. The van der Waals surface area contributed by atoms with Gasteiger partial charge < -0.3 is 9.47 Å². The maximum atomic E-state index is 12.1. The summed E-state index contributed by atoms with van der Waals surface area (Å²) in [4.78, 5) is 11.4. The molecule has 1 N–H and O–H groups in total. The molecule has 102 valence electrons. The van der Waals surface area contributed by atoms with Gasteiger partial charge in [0.05, 0.1) is 13.7 Å². The van der Waals surface area contributed by atoms with E-state index in [9.17, 15) is 13.2 Å². The van der Waals surface area contributed by atoms with Crippen molar-refractivity contribution >= 4 is 27.3 Å². The SMILES string of the molecule is COC[C@H](C)NS(=O)(=O)c1ccsc1C(=O)OC. The van der Waals surface area contributed by atoms with Gasteiger partial charge in [-0.1, -0.05) is 0 Å². The van der Waals surface area contributed by atoms with Gasteiger partial charge in [-0.05, 0) is 18.4 Å². The predicted octanol–water partition coefficient (Wildman–Crippen LogP) is 0.848. The summed E-state index contributed by atoms with van der Waals surface area (Å²) in [6, 6.07) is 0.990. The van der Waals surface area contributed by atoms with Crippen LogP contribution in [0.4, 0.5) is 0 Å². The second-order valence-electron chi connectivity index (χ2n) is 3.58. The maximum Gasteiger partial charge on any atom is 0.349 e. The number of nitrogens with one attached hydrogen (secondary N) is 1. The molecular weight excluding hydrogens is 278 g/mol. The highest BCUT2D eigenvalue weighted by molar-refractivity contribution is 7.89. The maximum absolute atomic E-state index is 12.1. The van der Waals surface area contributed by atoms with E-state index in [2.05, 4.69) is 9.46 Å². The van der Waals surface area contributed by atoms with Crippen LogP contribution in [0.2, 0.25) is 0 Å². The molecule has 8 heteroatoms. The first kappa shape index (κ1) is 15.1. The van der Waals surface area contributed by atoms with E-state index in [0.29, 0.717) is 0 Å². The fraction of sp³-hybridized carbons (Fsp3) is 0.500. The number of sulfonamides is 1. The minimum Gasteiger partial charge on any atom is -0.465 e. The minimum absolute atomic E-state index is 0.0645. The highest BCUT2D eigenvalue weighted by Gasteiger charge is 2.25. The molecule has 1 heterocycles. The molecule has 0 fully saturated rings. The van der Waals surface area contributed by atoms with E-state index in [0.717, 1.165) is 11.3 Å². The Balaban J connectivity index is 2.99. The molecule has 0 unspecified atom stereocenters. The molecule has 0 saturated carbocycles. The molecular formula is C10H15NO5S2. The van der Waals surface area contributed by atoms with Gasteiger partial charge in [0, 0.05) is 13.2 Å². The normalized spacial score (nSPS) is 13.3. The Morgan fingerprint density at radius 1 is 1.50 bits per heavy atom.